The van der Waals surface area contributed by atoms with Gasteiger partial charge >= 0.3 is 5.51 Å². The molecule has 0 aromatic rings. The van der Waals surface area contributed by atoms with Crippen LogP contribution in [0.3, 0.4) is 0 Å². The Morgan fingerprint density at radius 2 is 1.87 bits per heavy atom. The highest BCUT2D eigenvalue weighted by Gasteiger charge is 2.27. The molecule has 0 amide bonds. The van der Waals surface area contributed by atoms with Crippen LogP contribution >= 0.6 is 11.8 Å². The quantitative estimate of drug-likeness (QED) is 0.588. The molecule has 0 aliphatic rings. The first-order valence-corrected chi connectivity index (χ1v) is 6.14. The largest absolute Gasteiger partial charge is 0.441 e. The summed E-state index contributed by atoms with van der Waals surface area (Å²) in [6.45, 7) is 6.07. The van der Waals surface area contributed by atoms with Crippen molar-refractivity contribution in [2.24, 2.45) is 5.92 Å². The van der Waals surface area contributed by atoms with Crippen LogP contribution in [0.4, 0.5) is 13.2 Å². The lowest BCUT2D eigenvalue weighted by molar-refractivity contribution is -0.0328. The van der Waals surface area contributed by atoms with Gasteiger partial charge < -0.3 is 0 Å². The fraction of sp³-hybridized carbons (Fsp3) is 0.818. The third kappa shape index (κ3) is 11.8. The van der Waals surface area contributed by atoms with Crippen LogP contribution in [0.2, 0.25) is 0 Å². The molecule has 0 bridgehead atoms. The molecule has 0 nitrogen and oxygen atoms in total. The van der Waals surface area contributed by atoms with Crippen molar-refractivity contribution in [1.29, 1.82) is 0 Å². The van der Waals surface area contributed by atoms with E-state index < -0.39 is 5.51 Å². The van der Waals surface area contributed by atoms with E-state index in [1.54, 1.807) is 0 Å². The van der Waals surface area contributed by atoms with E-state index in [0.29, 0.717) is 12.3 Å². The molecule has 0 aromatic carbocycles. The number of alkyl halides is 3. The van der Waals surface area contributed by atoms with Gasteiger partial charge in [0.05, 0.1) is 0 Å². The zero-order chi connectivity index (χ0) is 11.9. The molecule has 4 heteroatoms. The maximum atomic E-state index is 11.8. The van der Waals surface area contributed by atoms with E-state index in [2.05, 4.69) is 6.08 Å². The maximum absolute atomic E-state index is 11.8. The van der Waals surface area contributed by atoms with E-state index in [1.807, 2.05) is 20.8 Å². The van der Waals surface area contributed by atoms with Gasteiger partial charge in [-0.1, -0.05) is 30.3 Å². The van der Waals surface area contributed by atoms with Gasteiger partial charge in [-0.05, 0) is 39.0 Å². The Labute approximate surface area is 94.3 Å². The molecule has 90 valence electrons. The second-order valence-electron chi connectivity index (χ2n) is 4.05. The normalized spacial score (nSPS) is 13.7. The number of thioether (sulfide) groups is 1. The van der Waals surface area contributed by atoms with Crippen LogP contribution in [0.1, 0.15) is 40.0 Å². The number of hydrogen-bond acceptors (Lipinski definition) is 1. The fourth-order valence-corrected chi connectivity index (χ4v) is 1.93. The second kappa shape index (κ2) is 7.20. The van der Waals surface area contributed by atoms with Crippen LogP contribution < -0.4 is 0 Å². The lowest BCUT2D eigenvalue weighted by Crippen LogP contribution is -2.04. The maximum Gasteiger partial charge on any atom is 0.441 e. The van der Waals surface area contributed by atoms with Crippen LogP contribution in [0.25, 0.3) is 0 Å². The minimum absolute atomic E-state index is 0.0862. The molecule has 15 heavy (non-hydrogen) atoms. The number of rotatable bonds is 6. The van der Waals surface area contributed by atoms with Crippen molar-refractivity contribution in [2.75, 3.05) is 5.75 Å². The second-order valence-corrected chi connectivity index (χ2v) is 5.21. The zero-order valence-corrected chi connectivity index (χ0v) is 10.3. The van der Waals surface area contributed by atoms with Crippen molar-refractivity contribution in [1.82, 2.24) is 0 Å². The lowest BCUT2D eigenvalue weighted by atomic mass is 10.0. The lowest BCUT2D eigenvalue weighted by Gasteiger charge is -2.10. The first-order valence-electron chi connectivity index (χ1n) is 5.15. The molecule has 0 fully saturated rings. The van der Waals surface area contributed by atoms with E-state index in [4.69, 9.17) is 0 Å². The molecule has 0 N–H and O–H groups in total. The fourth-order valence-electron chi connectivity index (χ4n) is 1.18. The Bertz CT molecular complexity index is 192. The van der Waals surface area contributed by atoms with E-state index in [0.717, 1.165) is 12.8 Å². The van der Waals surface area contributed by atoms with Gasteiger partial charge in [0, 0.05) is 5.75 Å². The smallest absolute Gasteiger partial charge is 0.160 e. The van der Waals surface area contributed by atoms with Crippen LogP contribution in [0, 0.1) is 5.92 Å². The van der Waals surface area contributed by atoms with Crippen LogP contribution in [0.5, 0.6) is 0 Å². The minimum Gasteiger partial charge on any atom is -0.160 e. The van der Waals surface area contributed by atoms with Gasteiger partial charge in [0.2, 0.25) is 0 Å². The average molecular weight is 240 g/mol. The molecule has 0 heterocycles. The summed E-state index contributed by atoms with van der Waals surface area (Å²) in [5, 5.41) is 0. The van der Waals surface area contributed by atoms with Crippen molar-refractivity contribution >= 4 is 11.8 Å². The standard InChI is InChI=1S/C11H19F3S/c1-9(2)5-4-6-10(3)7-8-15-11(12,13)14/h5,10H,4,6-8H2,1-3H3. The third-order valence-electron chi connectivity index (χ3n) is 2.09. The Hall–Kier alpha value is -0.120. The molecule has 0 rings (SSSR count). The summed E-state index contributed by atoms with van der Waals surface area (Å²) in [6.07, 6.45) is 4.72. The summed E-state index contributed by atoms with van der Waals surface area (Å²) in [6, 6.07) is 0. The van der Waals surface area contributed by atoms with Gasteiger partial charge in [-0.15, -0.1) is 0 Å². The van der Waals surface area contributed by atoms with Crippen molar-refractivity contribution in [3.8, 4) is 0 Å². The summed E-state index contributed by atoms with van der Waals surface area (Å²) in [5.41, 5.74) is -2.80. The first-order chi connectivity index (χ1) is 6.81. The van der Waals surface area contributed by atoms with E-state index in [9.17, 15) is 13.2 Å². The Kier molecular flexibility index (Phi) is 7.14. The first kappa shape index (κ1) is 14.9. The average Bonchev–Trinajstić information content (AvgIpc) is 2.00. The molecule has 0 saturated carbocycles. The topological polar surface area (TPSA) is 0 Å². The Morgan fingerprint density at radius 1 is 1.27 bits per heavy atom. The van der Waals surface area contributed by atoms with Gasteiger partial charge in [0.25, 0.3) is 0 Å². The van der Waals surface area contributed by atoms with E-state index >= 15 is 0 Å². The van der Waals surface area contributed by atoms with Crippen molar-refractivity contribution in [3.05, 3.63) is 11.6 Å². The number of hydrogen-bond donors (Lipinski definition) is 0. The molecular weight excluding hydrogens is 221 g/mol. The summed E-state index contributed by atoms with van der Waals surface area (Å²) in [4.78, 5) is 0. The molecule has 1 atom stereocenters. The van der Waals surface area contributed by atoms with Gasteiger partial charge in [0.1, 0.15) is 0 Å². The van der Waals surface area contributed by atoms with Gasteiger partial charge in [-0.25, -0.2) is 0 Å². The Morgan fingerprint density at radius 3 is 2.33 bits per heavy atom. The van der Waals surface area contributed by atoms with Crippen LogP contribution in [-0.4, -0.2) is 11.3 Å². The highest BCUT2D eigenvalue weighted by atomic mass is 32.2. The summed E-state index contributed by atoms with van der Waals surface area (Å²) in [5.74, 6) is 0.551. The summed E-state index contributed by atoms with van der Waals surface area (Å²) in [7, 11) is 0. The Balaban J connectivity index is 3.50. The van der Waals surface area contributed by atoms with Crippen molar-refractivity contribution in [2.45, 2.75) is 45.5 Å². The monoisotopic (exact) mass is 240 g/mol. The highest BCUT2D eigenvalue weighted by Crippen LogP contribution is 2.31. The van der Waals surface area contributed by atoms with Gasteiger partial charge in [0.15, 0.2) is 0 Å². The number of allylic oxidation sites excluding steroid dienone is 2. The van der Waals surface area contributed by atoms with Gasteiger partial charge in [-0.2, -0.15) is 13.2 Å². The molecule has 0 aliphatic heterocycles. The van der Waals surface area contributed by atoms with Crippen LogP contribution in [-0.2, 0) is 0 Å². The zero-order valence-electron chi connectivity index (χ0n) is 9.53. The predicted molar refractivity (Wildman–Crippen MR) is 61.0 cm³/mol. The molecule has 0 aromatic heterocycles. The van der Waals surface area contributed by atoms with Gasteiger partial charge in [-0.3, -0.25) is 0 Å². The van der Waals surface area contributed by atoms with Crippen molar-refractivity contribution < 1.29 is 13.2 Å². The molecule has 1 unspecified atom stereocenters. The predicted octanol–water partition coefficient (Wildman–Crippen LogP) is 5.01. The van der Waals surface area contributed by atoms with Crippen LogP contribution in [0.15, 0.2) is 11.6 Å². The molecule has 0 aliphatic carbocycles. The molecular formula is C11H19F3S. The van der Waals surface area contributed by atoms with E-state index in [-0.39, 0.29) is 17.5 Å². The third-order valence-corrected chi connectivity index (χ3v) is 2.86. The molecule has 0 spiro atoms. The summed E-state index contributed by atoms with van der Waals surface area (Å²) >= 11 is 0.0862. The van der Waals surface area contributed by atoms with E-state index in [1.165, 1.54) is 5.57 Å². The SMILES string of the molecule is CC(C)=CCCC(C)CCSC(F)(F)F. The number of halogens is 3. The van der Waals surface area contributed by atoms with Crippen molar-refractivity contribution in [3.63, 3.8) is 0 Å². The molecule has 0 saturated heterocycles. The minimum atomic E-state index is -4.07. The highest BCUT2D eigenvalue weighted by molar-refractivity contribution is 8.00. The molecule has 0 radical (unpaired) electrons. The summed E-state index contributed by atoms with van der Waals surface area (Å²) < 4.78 is 35.5.